The zero-order valence-electron chi connectivity index (χ0n) is 12.4. The molecule has 0 amide bonds. The van der Waals surface area contributed by atoms with Crippen molar-refractivity contribution in [2.75, 3.05) is 13.7 Å². The third-order valence-electron chi connectivity index (χ3n) is 3.38. The number of aryl methyl sites for hydroxylation is 1. The van der Waals surface area contributed by atoms with Gasteiger partial charge in [-0.25, -0.2) is 0 Å². The van der Waals surface area contributed by atoms with E-state index < -0.39 is 0 Å². The zero-order valence-corrected chi connectivity index (χ0v) is 12.4. The minimum atomic E-state index is 0.288. The van der Waals surface area contributed by atoms with Gasteiger partial charge < -0.3 is 9.84 Å². The molecule has 0 aliphatic carbocycles. The van der Waals surface area contributed by atoms with Gasteiger partial charge in [-0.05, 0) is 49.3 Å². The Labute approximate surface area is 117 Å². The van der Waals surface area contributed by atoms with Gasteiger partial charge in [-0.2, -0.15) is 0 Å². The van der Waals surface area contributed by atoms with E-state index in [9.17, 15) is 0 Å². The molecule has 0 heterocycles. The molecule has 1 aromatic carbocycles. The van der Waals surface area contributed by atoms with Crippen LogP contribution in [0, 0.1) is 5.92 Å². The predicted molar refractivity (Wildman–Crippen MR) is 81.5 cm³/mol. The van der Waals surface area contributed by atoms with Crippen LogP contribution in [0.3, 0.4) is 0 Å². The summed E-state index contributed by atoms with van der Waals surface area (Å²) in [5.74, 6) is 1.34. The highest BCUT2D eigenvalue weighted by atomic mass is 16.5. The second-order valence-electron chi connectivity index (χ2n) is 5.05. The first kappa shape index (κ1) is 15.8. The molecule has 19 heavy (non-hydrogen) atoms. The topological polar surface area (TPSA) is 29.5 Å². The summed E-state index contributed by atoms with van der Waals surface area (Å²) in [7, 11) is 1.71. The molecule has 0 saturated heterocycles. The lowest BCUT2D eigenvalue weighted by molar-refractivity contribution is 0.228. The molecule has 1 rings (SSSR count). The number of unbranched alkanes of at least 4 members (excludes halogenated alkanes) is 1. The van der Waals surface area contributed by atoms with Gasteiger partial charge >= 0.3 is 0 Å². The van der Waals surface area contributed by atoms with Crippen molar-refractivity contribution in [3.8, 4) is 5.75 Å². The van der Waals surface area contributed by atoms with E-state index in [1.807, 2.05) is 6.07 Å². The fraction of sp³-hybridized carbons (Fsp3) is 0.529. The molecule has 2 heteroatoms. The summed E-state index contributed by atoms with van der Waals surface area (Å²) in [5, 5.41) is 8.96. The van der Waals surface area contributed by atoms with Crippen LogP contribution in [0.4, 0.5) is 0 Å². The number of benzene rings is 1. The molecular weight excluding hydrogens is 236 g/mol. The Bertz CT molecular complexity index is 396. The molecule has 0 bridgehead atoms. The van der Waals surface area contributed by atoms with Crippen LogP contribution >= 0.6 is 0 Å². The lowest BCUT2D eigenvalue weighted by Crippen LogP contribution is -1.99. The number of methoxy groups -OCH3 is 1. The Kier molecular flexibility index (Phi) is 7.27. The zero-order chi connectivity index (χ0) is 14.1. The monoisotopic (exact) mass is 262 g/mol. The maximum absolute atomic E-state index is 8.96. The molecule has 1 atom stereocenters. The fourth-order valence-electron chi connectivity index (χ4n) is 2.02. The van der Waals surface area contributed by atoms with Crippen LogP contribution in [0.25, 0.3) is 6.08 Å². The van der Waals surface area contributed by atoms with Crippen molar-refractivity contribution in [2.45, 2.75) is 39.5 Å². The Balaban J connectivity index is 2.55. The molecule has 0 radical (unpaired) electrons. The molecule has 0 spiro atoms. The van der Waals surface area contributed by atoms with Crippen LogP contribution in [0.15, 0.2) is 24.3 Å². The molecule has 106 valence electrons. The quantitative estimate of drug-likeness (QED) is 0.716. The molecular formula is C17H26O2. The second-order valence-corrected chi connectivity index (χ2v) is 5.05. The minimum Gasteiger partial charge on any atom is -0.496 e. The van der Waals surface area contributed by atoms with E-state index in [1.54, 1.807) is 7.11 Å². The summed E-state index contributed by atoms with van der Waals surface area (Å²) in [5.41, 5.74) is 2.48. The Morgan fingerprint density at radius 3 is 2.79 bits per heavy atom. The van der Waals surface area contributed by atoms with Crippen LogP contribution in [-0.2, 0) is 6.42 Å². The van der Waals surface area contributed by atoms with Gasteiger partial charge in [0.25, 0.3) is 0 Å². The predicted octanol–water partition coefficient (Wildman–Crippen LogP) is 4.07. The van der Waals surface area contributed by atoms with Gasteiger partial charge in [-0.3, -0.25) is 0 Å². The van der Waals surface area contributed by atoms with Gasteiger partial charge in [0.1, 0.15) is 5.75 Å². The summed E-state index contributed by atoms with van der Waals surface area (Å²) in [6.07, 6.45) is 8.62. The maximum atomic E-state index is 8.96. The summed E-state index contributed by atoms with van der Waals surface area (Å²) >= 11 is 0. The van der Waals surface area contributed by atoms with E-state index in [4.69, 9.17) is 9.84 Å². The second kappa shape index (κ2) is 8.76. The number of rotatable bonds is 8. The first-order valence-corrected chi connectivity index (χ1v) is 7.15. The molecule has 0 aliphatic heterocycles. The molecule has 0 unspecified atom stereocenters. The van der Waals surface area contributed by atoms with E-state index in [2.05, 4.69) is 38.1 Å². The highest BCUT2D eigenvalue weighted by Gasteiger charge is 2.01. The lowest BCUT2D eigenvalue weighted by Gasteiger charge is -2.07. The molecule has 2 nitrogen and oxygen atoms in total. The van der Waals surface area contributed by atoms with E-state index in [0.717, 1.165) is 37.0 Å². The molecule has 0 saturated carbocycles. The van der Waals surface area contributed by atoms with Crippen molar-refractivity contribution in [3.05, 3.63) is 35.4 Å². The van der Waals surface area contributed by atoms with Crippen LogP contribution in [0.5, 0.6) is 5.75 Å². The molecule has 0 aliphatic rings. The number of aliphatic hydroxyl groups is 1. The van der Waals surface area contributed by atoms with Crippen molar-refractivity contribution >= 4 is 6.08 Å². The third-order valence-corrected chi connectivity index (χ3v) is 3.38. The van der Waals surface area contributed by atoms with Crippen LogP contribution in [0.2, 0.25) is 0 Å². The summed E-state index contributed by atoms with van der Waals surface area (Å²) in [6, 6.07) is 6.33. The minimum absolute atomic E-state index is 0.288. The van der Waals surface area contributed by atoms with Gasteiger partial charge in [-0.1, -0.05) is 32.1 Å². The van der Waals surface area contributed by atoms with E-state index in [-0.39, 0.29) is 6.61 Å². The van der Waals surface area contributed by atoms with E-state index >= 15 is 0 Å². The van der Waals surface area contributed by atoms with Gasteiger partial charge in [0, 0.05) is 12.2 Å². The van der Waals surface area contributed by atoms with E-state index in [0.29, 0.717) is 5.92 Å². The van der Waals surface area contributed by atoms with Crippen molar-refractivity contribution in [1.82, 2.24) is 0 Å². The first-order chi connectivity index (χ1) is 9.21. The van der Waals surface area contributed by atoms with Gasteiger partial charge in [0.2, 0.25) is 0 Å². The SMILES string of the molecule is CCc1ccc(OC)c(/C=C/CCC[C@H](C)CO)c1. The maximum Gasteiger partial charge on any atom is 0.126 e. The molecule has 1 aromatic rings. The standard InChI is InChI=1S/C17H26O2/c1-4-15-10-11-17(19-3)16(12-15)9-7-5-6-8-14(2)13-18/h7,9-12,14,18H,4-6,8,13H2,1-3H3/b9-7+/t14-/m0/s1. The average Bonchev–Trinajstić information content (AvgIpc) is 2.46. The molecule has 0 fully saturated rings. The highest BCUT2D eigenvalue weighted by molar-refractivity contribution is 5.58. The smallest absolute Gasteiger partial charge is 0.126 e. The Morgan fingerprint density at radius 1 is 1.37 bits per heavy atom. The normalized spacial score (nSPS) is 12.8. The van der Waals surface area contributed by atoms with Gasteiger partial charge in [0.05, 0.1) is 7.11 Å². The number of hydrogen-bond acceptors (Lipinski definition) is 2. The van der Waals surface area contributed by atoms with Crippen molar-refractivity contribution in [3.63, 3.8) is 0 Å². The number of ether oxygens (including phenoxy) is 1. The third kappa shape index (κ3) is 5.48. The van der Waals surface area contributed by atoms with Gasteiger partial charge in [0.15, 0.2) is 0 Å². The largest absolute Gasteiger partial charge is 0.496 e. The Hall–Kier alpha value is -1.28. The summed E-state index contributed by atoms with van der Waals surface area (Å²) in [4.78, 5) is 0. The van der Waals surface area contributed by atoms with Crippen molar-refractivity contribution < 1.29 is 9.84 Å². The summed E-state index contributed by atoms with van der Waals surface area (Å²) < 4.78 is 5.37. The van der Waals surface area contributed by atoms with Crippen molar-refractivity contribution in [2.24, 2.45) is 5.92 Å². The first-order valence-electron chi connectivity index (χ1n) is 7.15. The molecule has 0 aromatic heterocycles. The van der Waals surface area contributed by atoms with Crippen LogP contribution in [0.1, 0.15) is 44.2 Å². The number of allylic oxidation sites excluding steroid dienone is 1. The van der Waals surface area contributed by atoms with Gasteiger partial charge in [-0.15, -0.1) is 0 Å². The van der Waals surface area contributed by atoms with E-state index in [1.165, 1.54) is 5.56 Å². The van der Waals surface area contributed by atoms with Crippen molar-refractivity contribution in [1.29, 1.82) is 0 Å². The van der Waals surface area contributed by atoms with Crippen LogP contribution in [-0.4, -0.2) is 18.8 Å². The summed E-state index contributed by atoms with van der Waals surface area (Å²) in [6.45, 7) is 4.53. The number of aliphatic hydroxyl groups excluding tert-OH is 1. The highest BCUT2D eigenvalue weighted by Crippen LogP contribution is 2.22. The molecule has 1 N–H and O–H groups in total. The number of hydrogen-bond donors (Lipinski definition) is 1. The average molecular weight is 262 g/mol. The fourth-order valence-corrected chi connectivity index (χ4v) is 2.02. The lowest BCUT2D eigenvalue weighted by atomic mass is 10.0. The Morgan fingerprint density at radius 2 is 2.16 bits per heavy atom. The van der Waals surface area contributed by atoms with Crippen LogP contribution < -0.4 is 4.74 Å².